The second-order valence-corrected chi connectivity index (χ2v) is 5.48. The maximum atomic E-state index is 13.6. The van der Waals surface area contributed by atoms with E-state index in [4.69, 9.17) is 22.1 Å². The first-order valence-electron chi connectivity index (χ1n) is 5.65. The monoisotopic (exact) mass is 343 g/mol. The molecule has 0 aliphatic rings. The fraction of sp³-hybridized carbons (Fsp3) is 0.143. The summed E-state index contributed by atoms with van der Waals surface area (Å²) >= 11 is 9.36. The maximum Gasteiger partial charge on any atom is 0.165 e. The van der Waals surface area contributed by atoms with Crippen LogP contribution in [0.4, 0.5) is 4.39 Å². The van der Waals surface area contributed by atoms with Crippen LogP contribution in [0.5, 0.6) is 11.5 Å². The number of benzene rings is 2. The van der Waals surface area contributed by atoms with E-state index in [1.807, 2.05) is 13.0 Å². The number of nitrogens with two attached hydrogens (primary N) is 1. The lowest BCUT2D eigenvalue weighted by Crippen LogP contribution is -2.04. The van der Waals surface area contributed by atoms with Crippen molar-refractivity contribution in [3.8, 4) is 11.5 Å². The topological polar surface area (TPSA) is 35.2 Å². The lowest BCUT2D eigenvalue weighted by Gasteiger charge is -2.11. The molecule has 0 fully saturated rings. The molecule has 0 amide bonds. The van der Waals surface area contributed by atoms with E-state index in [-0.39, 0.29) is 11.8 Å². The van der Waals surface area contributed by atoms with Crippen molar-refractivity contribution in [2.45, 2.75) is 13.0 Å². The molecule has 0 radical (unpaired) electrons. The Morgan fingerprint density at radius 3 is 2.58 bits per heavy atom. The average Bonchev–Trinajstić information content (AvgIpc) is 2.36. The van der Waals surface area contributed by atoms with Gasteiger partial charge in [0.05, 0.1) is 5.02 Å². The maximum absolute atomic E-state index is 13.6. The van der Waals surface area contributed by atoms with Crippen LogP contribution in [0.1, 0.15) is 18.5 Å². The minimum atomic E-state index is -0.449. The van der Waals surface area contributed by atoms with Gasteiger partial charge in [0.1, 0.15) is 5.75 Å². The molecule has 2 aromatic rings. The molecular weight excluding hydrogens is 333 g/mol. The molecule has 0 heterocycles. The molecule has 1 atom stereocenters. The molecule has 0 saturated heterocycles. The van der Waals surface area contributed by atoms with Crippen LogP contribution < -0.4 is 10.5 Å². The van der Waals surface area contributed by atoms with Crippen LogP contribution >= 0.6 is 27.5 Å². The van der Waals surface area contributed by atoms with Crippen LogP contribution in [0.25, 0.3) is 0 Å². The molecule has 5 heteroatoms. The summed E-state index contributed by atoms with van der Waals surface area (Å²) in [5.41, 5.74) is 6.66. The molecule has 2 aromatic carbocycles. The van der Waals surface area contributed by atoms with Crippen LogP contribution in [0.2, 0.25) is 5.02 Å². The lowest BCUT2D eigenvalue weighted by atomic mass is 10.1. The molecule has 1 unspecified atom stereocenters. The second kappa shape index (κ2) is 5.90. The Morgan fingerprint density at radius 1 is 1.21 bits per heavy atom. The van der Waals surface area contributed by atoms with Gasteiger partial charge in [0.25, 0.3) is 0 Å². The van der Waals surface area contributed by atoms with Gasteiger partial charge in [-0.3, -0.25) is 0 Å². The van der Waals surface area contributed by atoms with E-state index >= 15 is 0 Å². The van der Waals surface area contributed by atoms with E-state index in [0.717, 1.165) is 10.0 Å². The highest BCUT2D eigenvalue weighted by Gasteiger charge is 2.10. The molecule has 19 heavy (non-hydrogen) atoms. The van der Waals surface area contributed by atoms with Gasteiger partial charge in [0.2, 0.25) is 0 Å². The predicted octanol–water partition coefficient (Wildman–Crippen LogP) is 5.05. The van der Waals surface area contributed by atoms with Crippen molar-refractivity contribution in [1.82, 2.24) is 0 Å². The van der Waals surface area contributed by atoms with Gasteiger partial charge in [0.15, 0.2) is 11.6 Å². The Bertz CT molecular complexity index is 604. The van der Waals surface area contributed by atoms with Gasteiger partial charge >= 0.3 is 0 Å². The molecule has 0 saturated carbocycles. The molecule has 0 aromatic heterocycles. The van der Waals surface area contributed by atoms with Crippen LogP contribution in [0, 0.1) is 5.82 Å². The van der Waals surface area contributed by atoms with Crippen molar-refractivity contribution in [3.63, 3.8) is 0 Å². The summed E-state index contributed by atoms with van der Waals surface area (Å²) in [5, 5.41) is 0.397. The van der Waals surface area contributed by atoms with Gasteiger partial charge in [-0.1, -0.05) is 33.6 Å². The Labute approximate surface area is 124 Å². The molecule has 0 bridgehead atoms. The zero-order chi connectivity index (χ0) is 14.0. The van der Waals surface area contributed by atoms with Gasteiger partial charge in [0, 0.05) is 10.5 Å². The Balaban J connectivity index is 2.31. The fourth-order valence-corrected chi connectivity index (χ4v) is 2.12. The summed E-state index contributed by atoms with van der Waals surface area (Å²) in [7, 11) is 0. The number of hydrogen-bond donors (Lipinski definition) is 1. The van der Waals surface area contributed by atoms with E-state index in [1.165, 1.54) is 6.07 Å². The zero-order valence-electron chi connectivity index (χ0n) is 10.2. The van der Waals surface area contributed by atoms with E-state index in [2.05, 4.69) is 15.9 Å². The smallest absolute Gasteiger partial charge is 0.165 e. The summed E-state index contributed by atoms with van der Waals surface area (Å²) in [5.74, 6) is 0.0587. The van der Waals surface area contributed by atoms with Crippen molar-refractivity contribution in [2.24, 2.45) is 5.73 Å². The van der Waals surface area contributed by atoms with Crippen molar-refractivity contribution in [3.05, 3.63) is 57.3 Å². The van der Waals surface area contributed by atoms with E-state index in [0.29, 0.717) is 10.8 Å². The molecule has 2 nitrogen and oxygen atoms in total. The Morgan fingerprint density at radius 2 is 1.95 bits per heavy atom. The zero-order valence-corrected chi connectivity index (χ0v) is 12.5. The molecule has 0 aliphatic carbocycles. The summed E-state index contributed by atoms with van der Waals surface area (Å²) in [4.78, 5) is 0. The summed E-state index contributed by atoms with van der Waals surface area (Å²) in [6.07, 6.45) is 0. The van der Waals surface area contributed by atoms with Gasteiger partial charge < -0.3 is 10.5 Å². The van der Waals surface area contributed by atoms with E-state index in [9.17, 15) is 4.39 Å². The fourth-order valence-electron chi connectivity index (χ4n) is 1.56. The number of halogens is 3. The van der Waals surface area contributed by atoms with Gasteiger partial charge in [-0.25, -0.2) is 4.39 Å². The van der Waals surface area contributed by atoms with Gasteiger partial charge in [-0.2, -0.15) is 0 Å². The van der Waals surface area contributed by atoms with E-state index in [1.54, 1.807) is 24.3 Å². The number of ether oxygens (including phenoxy) is 1. The molecule has 0 aliphatic heterocycles. The third-order valence-electron chi connectivity index (χ3n) is 2.59. The Kier molecular flexibility index (Phi) is 4.45. The number of hydrogen-bond acceptors (Lipinski definition) is 2. The van der Waals surface area contributed by atoms with Crippen molar-refractivity contribution in [1.29, 1.82) is 0 Å². The van der Waals surface area contributed by atoms with Crippen LogP contribution in [-0.4, -0.2) is 0 Å². The molecular formula is C14H12BrClFNO. The van der Waals surface area contributed by atoms with Crippen molar-refractivity contribution >= 4 is 27.5 Å². The molecule has 2 rings (SSSR count). The lowest BCUT2D eigenvalue weighted by molar-refractivity contribution is 0.442. The van der Waals surface area contributed by atoms with Crippen molar-refractivity contribution < 1.29 is 9.13 Å². The molecule has 100 valence electrons. The first-order valence-corrected chi connectivity index (χ1v) is 6.82. The standard InChI is InChI=1S/C14H12BrClFNO/c1-8(18)9-2-5-13(11(16)6-9)19-14-7-10(15)3-4-12(14)17/h2-8H,18H2,1H3. The minimum Gasteiger partial charge on any atom is -0.453 e. The van der Waals surface area contributed by atoms with Gasteiger partial charge in [-0.15, -0.1) is 0 Å². The first-order chi connectivity index (χ1) is 8.97. The summed E-state index contributed by atoms with van der Waals surface area (Å²) < 4.78 is 19.8. The summed E-state index contributed by atoms with van der Waals surface area (Å²) in [6, 6.07) is 9.56. The van der Waals surface area contributed by atoms with Gasteiger partial charge in [-0.05, 0) is 42.8 Å². The normalized spacial score (nSPS) is 12.3. The highest BCUT2D eigenvalue weighted by molar-refractivity contribution is 9.10. The van der Waals surface area contributed by atoms with Crippen LogP contribution in [0.3, 0.4) is 0 Å². The highest BCUT2D eigenvalue weighted by Crippen LogP contribution is 2.33. The molecule has 0 spiro atoms. The number of rotatable bonds is 3. The molecule has 2 N–H and O–H groups in total. The Hall–Kier alpha value is -1.10. The SMILES string of the molecule is CC(N)c1ccc(Oc2cc(Br)ccc2F)c(Cl)c1. The predicted molar refractivity (Wildman–Crippen MR) is 78.2 cm³/mol. The average molecular weight is 345 g/mol. The third-order valence-corrected chi connectivity index (χ3v) is 3.38. The largest absolute Gasteiger partial charge is 0.453 e. The highest BCUT2D eigenvalue weighted by atomic mass is 79.9. The van der Waals surface area contributed by atoms with E-state index < -0.39 is 5.82 Å². The summed E-state index contributed by atoms with van der Waals surface area (Å²) in [6.45, 7) is 1.86. The van der Waals surface area contributed by atoms with Crippen LogP contribution in [0.15, 0.2) is 40.9 Å². The third kappa shape index (κ3) is 3.47. The first kappa shape index (κ1) is 14.3. The quantitative estimate of drug-likeness (QED) is 0.845. The second-order valence-electron chi connectivity index (χ2n) is 4.16. The van der Waals surface area contributed by atoms with Crippen LogP contribution in [-0.2, 0) is 0 Å². The van der Waals surface area contributed by atoms with Crippen molar-refractivity contribution in [2.75, 3.05) is 0 Å². The minimum absolute atomic E-state index is 0.116.